The SMILES string of the molecule is CC(=O)OC1CC[C@]23C[C@@]24CC[C@]2(C)[C@@H]([C@H](C)CCCC(C)C)CC[C@@]2(C)[C@@H]4C(O)C[C@H]3C1(C)C. The van der Waals surface area contributed by atoms with E-state index in [-0.39, 0.29) is 29.0 Å². The average molecular weight is 487 g/mol. The highest BCUT2D eigenvalue weighted by atomic mass is 16.5. The van der Waals surface area contributed by atoms with Crippen molar-refractivity contribution in [3.8, 4) is 0 Å². The van der Waals surface area contributed by atoms with Crippen LogP contribution in [-0.2, 0) is 9.53 Å². The van der Waals surface area contributed by atoms with Crippen molar-refractivity contribution >= 4 is 5.97 Å². The molecule has 0 aromatic rings. The van der Waals surface area contributed by atoms with Crippen LogP contribution >= 0.6 is 0 Å². The third-order valence-corrected chi connectivity index (χ3v) is 13.5. The quantitative estimate of drug-likeness (QED) is 0.390. The molecule has 0 amide bonds. The minimum Gasteiger partial charge on any atom is -0.462 e. The molecule has 5 rings (SSSR count). The minimum atomic E-state index is -0.217. The summed E-state index contributed by atoms with van der Waals surface area (Å²) in [7, 11) is 0. The Morgan fingerprint density at radius 2 is 1.66 bits per heavy atom. The van der Waals surface area contributed by atoms with E-state index in [1.54, 1.807) is 6.92 Å². The summed E-state index contributed by atoms with van der Waals surface area (Å²) in [6, 6.07) is 0. The topological polar surface area (TPSA) is 46.5 Å². The highest BCUT2D eigenvalue weighted by molar-refractivity contribution is 5.66. The van der Waals surface area contributed by atoms with E-state index in [0.717, 1.165) is 30.6 Å². The standard InChI is InChI=1S/C32H54O3/c1-20(2)10-9-11-21(3)23-12-14-30(8)27-24(34)18-25-28(5,6)26(35-22(4)33)13-15-31(25)19-32(27,31)17-16-29(23,30)7/h20-21,23-27,34H,9-19H2,1-8H3/t21-,23-,24?,25+,26?,27+,29-,30+,31-,32-/m1/s1. The molecule has 200 valence electrons. The molecule has 0 aliphatic heterocycles. The van der Waals surface area contributed by atoms with E-state index in [1.807, 2.05) is 0 Å². The number of carbonyl (C=O) groups is 1. The van der Waals surface area contributed by atoms with E-state index in [1.165, 1.54) is 57.8 Å². The van der Waals surface area contributed by atoms with Gasteiger partial charge in [-0.05, 0) is 103 Å². The summed E-state index contributed by atoms with van der Waals surface area (Å²) >= 11 is 0. The molecule has 5 aliphatic carbocycles. The van der Waals surface area contributed by atoms with Crippen LogP contribution in [0, 0.1) is 56.7 Å². The normalized spacial score (nSPS) is 50.5. The number of hydrogen-bond donors (Lipinski definition) is 1. The van der Waals surface area contributed by atoms with E-state index >= 15 is 0 Å². The molecule has 5 fully saturated rings. The van der Waals surface area contributed by atoms with Crippen LogP contribution in [0.25, 0.3) is 0 Å². The summed E-state index contributed by atoms with van der Waals surface area (Å²) in [4.78, 5) is 11.9. The molecular formula is C32H54O3. The zero-order valence-corrected chi connectivity index (χ0v) is 24.1. The highest BCUT2D eigenvalue weighted by Gasteiger charge is 2.84. The van der Waals surface area contributed by atoms with E-state index in [2.05, 4.69) is 48.5 Å². The van der Waals surface area contributed by atoms with Crippen LogP contribution in [0.15, 0.2) is 0 Å². The lowest BCUT2D eigenvalue weighted by molar-refractivity contribution is -0.207. The molecule has 0 aromatic carbocycles. The highest BCUT2D eigenvalue weighted by Crippen LogP contribution is 2.89. The molecule has 0 bridgehead atoms. The first kappa shape index (κ1) is 26.1. The number of hydrogen-bond acceptors (Lipinski definition) is 3. The largest absolute Gasteiger partial charge is 0.462 e. The first-order chi connectivity index (χ1) is 16.3. The van der Waals surface area contributed by atoms with Gasteiger partial charge in [0, 0.05) is 12.3 Å². The average Bonchev–Trinajstić information content (AvgIpc) is 3.31. The minimum absolute atomic E-state index is 0.0102. The van der Waals surface area contributed by atoms with Gasteiger partial charge in [0.05, 0.1) is 6.10 Å². The fraction of sp³-hybridized carbons (Fsp3) is 0.969. The van der Waals surface area contributed by atoms with Gasteiger partial charge < -0.3 is 9.84 Å². The fourth-order valence-corrected chi connectivity index (χ4v) is 11.7. The number of esters is 1. The molecule has 5 aliphatic rings. The number of fused-ring (bicyclic) bond motifs is 2. The first-order valence-corrected chi connectivity index (χ1v) is 15.1. The van der Waals surface area contributed by atoms with Crippen molar-refractivity contribution in [2.24, 2.45) is 56.7 Å². The lowest BCUT2D eigenvalue weighted by Gasteiger charge is -2.64. The number of carbonyl (C=O) groups excluding carboxylic acids is 1. The van der Waals surface area contributed by atoms with Crippen LogP contribution in [0.3, 0.4) is 0 Å². The Kier molecular flexibility index (Phi) is 6.11. The van der Waals surface area contributed by atoms with Gasteiger partial charge >= 0.3 is 5.97 Å². The van der Waals surface area contributed by atoms with Crippen LogP contribution < -0.4 is 0 Å². The van der Waals surface area contributed by atoms with Crippen LogP contribution in [0.4, 0.5) is 0 Å². The van der Waals surface area contributed by atoms with Crippen LogP contribution in [-0.4, -0.2) is 23.3 Å². The van der Waals surface area contributed by atoms with Crippen molar-refractivity contribution in [1.82, 2.24) is 0 Å². The second kappa shape index (κ2) is 8.21. The summed E-state index contributed by atoms with van der Waals surface area (Å²) in [6.45, 7) is 18.7. The molecule has 0 radical (unpaired) electrons. The van der Waals surface area contributed by atoms with Gasteiger partial charge in [-0.2, -0.15) is 0 Å². The maximum Gasteiger partial charge on any atom is 0.302 e. The van der Waals surface area contributed by atoms with Crippen molar-refractivity contribution in [3.63, 3.8) is 0 Å². The number of rotatable bonds is 6. The second-order valence-corrected chi connectivity index (χ2v) is 15.6. The molecule has 0 aromatic heterocycles. The summed E-state index contributed by atoms with van der Waals surface area (Å²) in [5.41, 5.74) is 1.21. The lowest BCUT2D eigenvalue weighted by atomic mass is 9.41. The number of ether oxygens (including phenoxy) is 1. The van der Waals surface area contributed by atoms with Crippen LogP contribution in [0.5, 0.6) is 0 Å². The molecule has 0 saturated heterocycles. The van der Waals surface area contributed by atoms with Crippen molar-refractivity contribution in [1.29, 1.82) is 0 Å². The molecule has 35 heavy (non-hydrogen) atoms. The monoisotopic (exact) mass is 486 g/mol. The molecule has 3 heteroatoms. The Morgan fingerprint density at radius 3 is 2.31 bits per heavy atom. The van der Waals surface area contributed by atoms with Crippen LogP contribution in [0.1, 0.15) is 126 Å². The maximum atomic E-state index is 12.0. The third kappa shape index (κ3) is 3.41. The van der Waals surface area contributed by atoms with E-state index in [0.29, 0.717) is 28.1 Å². The van der Waals surface area contributed by atoms with Gasteiger partial charge in [0.2, 0.25) is 0 Å². The Labute approximate surface area is 215 Å². The van der Waals surface area contributed by atoms with E-state index in [9.17, 15) is 9.90 Å². The molecule has 0 heterocycles. The predicted molar refractivity (Wildman–Crippen MR) is 142 cm³/mol. The second-order valence-electron chi connectivity index (χ2n) is 15.6. The summed E-state index contributed by atoms with van der Waals surface area (Å²) in [5, 5.41) is 12.0. The van der Waals surface area contributed by atoms with Gasteiger partial charge in [0.25, 0.3) is 0 Å². The number of aliphatic hydroxyl groups excluding tert-OH is 1. The summed E-state index contributed by atoms with van der Waals surface area (Å²) in [6.07, 6.45) is 13.5. The molecule has 2 unspecified atom stereocenters. The summed E-state index contributed by atoms with van der Waals surface area (Å²) in [5.74, 6) is 3.14. The van der Waals surface area contributed by atoms with Gasteiger partial charge in [0.15, 0.2) is 0 Å². The van der Waals surface area contributed by atoms with E-state index in [4.69, 9.17) is 4.74 Å². The smallest absolute Gasteiger partial charge is 0.302 e. The van der Waals surface area contributed by atoms with Gasteiger partial charge in [-0.1, -0.05) is 67.7 Å². The van der Waals surface area contributed by atoms with Crippen LogP contribution in [0.2, 0.25) is 0 Å². The molecule has 10 atom stereocenters. The summed E-state index contributed by atoms with van der Waals surface area (Å²) < 4.78 is 5.86. The molecule has 1 N–H and O–H groups in total. The Morgan fingerprint density at radius 1 is 0.943 bits per heavy atom. The van der Waals surface area contributed by atoms with Crippen molar-refractivity contribution in [2.75, 3.05) is 0 Å². The van der Waals surface area contributed by atoms with Gasteiger partial charge in [-0.3, -0.25) is 4.79 Å². The van der Waals surface area contributed by atoms with E-state index < -0.39 is 0 Å². The third-order valence-electron chi connectivity index (χ3n) is 13.5. The maximum absolute atomic E-state index is 12.0. The zero-order chi connectivity index (χ0) is 25.6. The van der Waals surface area contributed by atoms with Crippen molar-refractivity contribution in [2.45, 2.75) is 138 Å². The van der Waals surface area contributed by atoms with Gasteiger partial charge in [-0.15, -0.1) is 0 Å². The molecule has 3 nitrogen and oxygen atoms in total. The van der Waals surface area contributed by atoms with Gasteiger partial charge in [-0.25, -0.2) is 0 Å². The van der Waals surface area contributed by atoms with Crippen molar-refractivity contribution < 1.29 is 14.6 Å². The van der Waals surface area contributed by atoms with Crippen molar-refractivity contribution in [3.05, 3.63) is 0 Å². The molecule has 2 spiro atoms. The molecule has 5 saturated carbocycles. The zero-order valence-electron chi connectivity index (χ0n) is 24.1. The van der Waals surface area contributed by atoms with Gasteiger partial charge in [0.1, 0.15) is 6.10 Å². The fourth-order valence-electron chi connectivity index (χ4n) is 11.7. The first-order valence-electron chi connectivity index (χ1n) is 15.1. The lowest BCUT2D eigenvalue weighted by Crippen LogP contribution is -2.62. The Bertz CT molecular complexity index is 848. The number of aliphatic hydroxyl groups is 1. The Balaban J connectivity index is 1.41. The predicted octanol–water partition coefficient (Wildman–Crippen LogP) is 7.79. The molecular weight excluding hydrogens is 432 g/mol. The Hall–Kier alpha value is -0.570.